The number of fused-ring (bicyclic) bond motifs is 3. The molecule has 0 saturated carbocycles. The van der Waals surface area contributed by atoms with Gasteiger partial charge in [-0.3, -0.25) is 4.79 Å². The average molecular weight is 272 g/mol. The molecule has 1 aliphatic rings. The van der Waals surface area contributed by atoms with Gasteiger partial charge in [-0.2, -0.15) is 0 Å². The van der Waals surface area contributed by atoms with E-state index in [0.29, 0.717) is 18.7 Å². The molecule has 0 spiro atoms. The zero-order valence-corrected chi connectivity index (χ0v) is 11.3. The Hall–Kier alpha value is -2.30. The maximum atomic E-state index is 12.1. The summed E-state index contributed by atoms with van der Waals surface area (Å²) in [4.78, 5) is 12.1. The van der Waals surface area contributed by atoms with E-state index in [2.05, 4.69) is 17.4 Å². The molecule has 0 atom stereocenters. The number of hydrogen-bond acceptors (Lipinski definition) is 4. The largest absolute Gasteiger partial charge is 0.488 e. The molecule has 2 aromatic rings. The van der Waals surface area contributed by atoms with Gasteiger partial charge in [-0.15, -0.1) is 0 Å². The Balaban J connectivity index is 1.86. The SMILES string of the molecule is CCCCNC(=O)c1ccc2c(c1)-c1nocc1CO2. The summed E-state index contributed by atoms with van der Waals surface area (Å²) in [7, 11) is 0. The maximum Gasteiger partial charge on any atom is 0.251 e. The van der Waals surface area contributed by atoms with Crippen molar-refractivity contribution < 1.29 is 14.1 Å². The molecule has 5 heteroatoms. The number of amides is 1. The maximum absolute atomic E-state index is 12.1. The third-order valence-corrected chi connectivity index (χ3v) is 3.34. The molecule has 0 unspecified atom stereocenters. The van der Waals surface area contributed by atoms with Gasteiger partial charge in [0.1, 0.15) is 24.3 Å². The van der Waals surface area contributed by atoms with Crippen LogP contribution in [-0.2, 0) is 6.61 Å². The molecular weight excluding hydrogens is 256 g/mol. The number of ether oxygens (including phenoxy) is 1. The van der Waals surface area contributed by atoms with Crippen molar-refractivity contribution in [3.63, 3.8) is 0 Å². The van der Waals surface area contributed by atoms with E-state index in [-0.39, 0.29) is 5.91 Å². The number of nitrogens with one attached hydrogen (secondary N) is 1. The van der Waals surface area contributed by atoms with Crippen molar-refractivity contribution in [2.45, 2.75) is 26.4 Å². The van der Waals surface area contributed by atoms with E-state index in [1.165, 1.54) is 0 Å². The highest BCUT2D eigenvalue weighted by Crippen LogP contribution is 2.36. The summed E-state index contributed by atoms with van der Waals surface area (Å²) in [6.45, 7) is 3.24. The van der Waals surface area contributed by atoms with Crippen LogP contribution in [0.1, 0.15) is 35.7 Å². The lowest BCUT2D eigenvalue weighted by atomic mass is 10.0. The Bertz CT molecular complexity index is 634. The van der Waals surface area contributed by atoms with Crippen molar-refractivity contribution in [1.82, 2.24) is 10.5 Å². The fraction of sp³-hybridized carbons (Fsp3) is 0.333. The molecule has 2 heterocycles. The normalized spacial score (nSPS) is 12.2. The van der Waals surface area contributed by atoms with Gasteiger partial charge < -0.3 is 14.6 Å². The molecule has 0 saturated heterocycles. The van der Waals surface area contributed by atoms with Crippen molar-refractivity contribution in [2.75, 3.05) is 6.54 Å². The molecule has 1 aromatic heterocycles. The molecule has 0 radical (unpaired) electrons. The molecule has 3 rings (SSSR count). The standard InChI is InChI=1S/C15H16N2O3/c1-2-3-6-16-15(18)10-4-5-13-12(7-10)14-11(8-19-13)9-20-17-14/h4-5,7,9H,2-3,6,8H2,1H3,(H,16,18). The molecule has 5 nitrogen and oxygen atoms in total. The lowest BCUT2D eigenvalue weighted by molar-refractivity contribution is 0.0953. The fourth-order valence-corrected chi connectivity index (χ4v) is 2.20. The van der Waals surface area contributed by atoms with E-state index in [4.69, 9.17) is 9.26 Å². The molecule has 1 amide bonds. The van der Waals surface area contributed by atoms with Crippen LogP contribution < -0.4 is 10.1 Å². The summed E-state index contributed by atoms with van der Waals surface area (Å²) in [6.07, 6.45) is 3.61. The van der Waals surface area contributed by atoms with E-state index in [9.17, 15) is 4.79 Å². The van der Waals surface area contributed by atoms with Gasteiger partial charge in [0.15, 0.2) is 0 Å². The number of aromatic nitrogens is 1. The average Bonchev–Trinajstić information content (AvgIpc) is 2.95. The van der Waals surface area contributed by atoms with Crippen LogP contribution in [0.25, 0.3) is 11.3 Å². The zero-order valence-electron chi connectivity index (χ0n) is 11.3. The molecule has 1 N–H and O–H groups in total. The monoisotopic (exact) mass is 272 g/mol. The number of carbonyl (C=O) groups excluding carboxylic acids is 1. The lowest BCUT2D eigenvalue weighted by Crippen LogP contribution is -2.24. The number of rotatable bonds is 4. The van der Waals surface area contributed by atoms with Crippen LogP contribution in [0, 0.1) is 0 Å². The van der Waals surface area contributed by atoms with Gasteiger partial charge in [-0.25, -0.2) is 0 Å². The molecule has 0 aliphatic carbocycles. The highest BCUT2D eigenvalue weighted by molar-refractivity contribution is 5.96. The molecule has 20 heavy (non-hydrogen) atoms. The summed E-state index contributed by atoms with van der Waals surface area (Å²) in [5, 5.41) is 6.89. The van der Waals surface area contributed by atoms with E-state index >= 15 is 0 Å². The number of benzene rings is 1. The van der Waals surface area contributed by atoms with Crippen LogP contribution in [0.5, 0.6) is 5.75 Å². The van der Waals surface area contributed by atoms with Crippen LogP contribution in [0.4, 0.5) is 0 Å². The molecule has 104 valence electrons. The summed E-state index contributed by atoms with van der Waals surface area (Å²) >= 11 is 0. The van der Waals surface area contributed by atoms with Crippen LogP contribution in [0.3, 0.4) is 0 Å². The predicted octanol–water partition coefficient (Wildman–Crippen LogP) is 2.76. The van der Waals surface area contributed by atoms with Gasteiger partial charge in [-0.05, 0) is 24.6 Å². The smallest absolute Gasteiger partial charge is 0.251 e. The molecule has 1 aliphatic heterocycles. The van der Waals surface area contributed by atoms with Crippen LogP contribution in [-0.4, -0.2) is 17.6 Å². The number of nitrogens with zero attached hydrogens (tertiary/aromatic N) is 1. The van der Waals surface area contributed by atoms with E-state index in [0.717, 1.165) is 35.4 Å². The Morgan fingerprint density at radius 3 is 3.20 bits per heavy atom. The Morgan fingerprint density at radius 2 is 2.35 bits per heavy atom. The van der Waals surface area contributed by atoms with Crippen LogP contribution in [0.15, 0.2) is 29.0 Å². The second-order valence-electron chi connectivity index (χ2n) is 4.80. The van der Waals surface area contributed by atoms with Gasteiger partial charge in [0.25, 0.3) is 5.91 Å². The van der Waals surface area contributed by atoms with Crippen molar-refractivity contribution in [3.8, 4) is 17.0 Å². The number of hydrogen-bond donors (Lipinski definition) is 1. The van der Waals surface area contributed by atoms with E-state index in [1.54, 1.807) is 18.4 Å². The summed E-state index contributed by atoms with van der Waals surface area (Å²) < 4.78 is 10.6. The minimum atomic E-state index is -0.0723. The first kappa shape index (κ1) is 12.7. The fourth-order valence-electron chi connectivity index (χ4n) is 2.20. The van der Waals surface area contributed by atoms with Gasteiger partial charge in [0.05, 0.1) is 5.56 Å². The van der Waals surface area contributed by atoms with Gasteiger partial charge in [0.2, 0.25) is 0 Å². The first-order chi connectivity index (χ1) is 9.79. The number of carbonyl (C=O) groups is 1. The highest BCUT2D eigenvalue weighted by Gasteiger charge is 2.22. The molecule has 1 aromatic carbocycles. The third kappa shape index (κ3) is 2.27. The second kappa shape index (κ2) is 5.36. The topological polar surface area (TPSA) is 64.4 Å². The summed E-state index contributed by atoms with van der Waals surface area (Å²) in [5.74, 6) is 0.661. The van der Waals surface area contributed by atoms with Crippen molar-refractivity contribution in [3.05, 3.63) is 35.6 Å². The second-order valence-corrected chi connectivity index (χ2v) is 4.80. The van der Waals surface area contributed by atoms with Gasteiger partial charge in [-0.1, -0.05) is 18.5 Å². The quantitative estimate of drug-likeness (QED) is 0.869. The zero-order chi connectivity index (χ0) is 13.9. The van der Waals surface area contributed by atoms with E-state index in [1.807, 2.05) is 6.07 Å². The molecule has 0 bridgehead atoms. The van der Waals surface area contributed by atoms with Crippen LogP contribution >= 0.6 is 0 Å². The number of unbranched alkanes of at least 4 members (excludes halogenated alkanes) is 1. The lowest BCUT2D eigenvalue weighted by Gasteiger charge is -2.16. The first-order valence-corrected chi connectivity index (χ1v) is 6.78. The third-order valence-electron chi connectivity index (χ3n) is 3.34. The van der Waals surface area contributed by atoms with Gasteiger partial charge in [0, 0.05) is 17.7 Å². The summed E-state index contributed by atoms with van der Waals surface area (Å²) in [6, 6.07) is 5.38. The molecular formula is C15H16N2O3. The minimum absolute atomic E-state index is 0.0723. The van der Waals surface area contributed by atoms with E-state index < -0.39 is 0 Å². The first-order valence-electron chi connectivity index (χ1n) is 6.78. The minimum Gasteiger partial charge on any atom is -0.488 e. The highest BCUT2D eigenvalue weighted by atomic mass is 16.5. The summed E-state index contributed by atoms with van der Waals surface area (Å²) in [5.41, 5.74) is 3.08. The van der Waals surface area contributed by atoms with Crippen LogP contribution in [0.2, 0.25) is 0 Å². The predicted molar refractivity (Wildman–Crippen MR) is 73.5 cm³/mol. The van der Waals surface area contributed by atoms with Crippen molar-refractivity contribution in [1.29, 1.82) is 0 Å². The Morgan fingerprint density at radius 1 is 1.45 bits per heavy atom. The van der Waals surface area contributed by atoms with Gasteiger partial charge >= 0.3 is 0 Å². The Kier molecular flexibility index (Phi) is 3.41. The Labute approximate surface area is 116 Å². The molecule has 0 fully saturated rings. The van der Waals surface area contributed by atoms with Crippen molar-refractivity contribution in [2.24, 2.45) is 0 Å². The van der Waals surface area contributed by atoms with Crippen molar-refractivity contribution >= 4 is 5.91 Å².